The van der Waals surface area contributed by atoms with Crippen molar-refractivity contribution in [3.8, 4) is 17.6 Å². The van der Waals surface area contributed by atoms with Crippen LogP contribution in [0, 0.1) is 11.3 Å². The number of nitrogens with zero attached hydrogens (tertiary/aromatic N) is 1. The van der Waals surface area contributed by atoms with Crippen molar-refractivity contribution in [2.45, 2.75) is 25.9 Å². The minimum Gasteiger partial charge on any atom is -0.493 e. The van der Waals surface area contributed by atoms with Crippen molar-refractivity contribution >= 4 is 0 Å². The summed E-state index contributed by atoms with van der Waals surface area (Å²) in [5.41, 5.74) is -0.375. The van der Waals surface area contributed by atoms with E-state index in [9.17, 15) is 4.39 Å². The van der Waals surface area contributed by atoms with Gasteiger partial charge in [-0.05, 0) is 31.5 Å². The highest BCUT2D eigenvalue weighted by molar-refractivity contribution is 5.51. The fraction of sp³-hybridized carbons (Fsp3) is 0.462. The zero-order valence-corrected chi connectivity index (χ0v) is 10.5. The zero-order chi connectivity index (χ0) is 13.1. The van der Waals surface area contributed by atoms with Crippen LogP contribution in [0.15, 0.2) is 12.1 Å². The maximum absolute atomic E-state index is 13.9. The summed E-state index contributed by atoms with van der Waals surface area (Å²) in [5, 5.41) is 8.76. The first-order valence-corrected chi connectivity index (χ1v) is 5.25. The molecule has 1 aromatic rings. The first-order chi connectivity index (χ1) is 7.93. The molecule has 0 radical (unpaired) electrons. The molecule has 0 heterocycles. The van der Waals surface area contributed by atoms with Crippen molar-refractivity contribution in [2.24, 2.45) is 0 Å². The molecule has 3 nitrogen and oxygen atoms in total. The van der Waals surface area contributed by atoms with Crippen molar-refractivity contribution in [1.82, 2.24) is 0 Å². The monoisotopic (exact) mass is 237 g/mol. The summed E-state index contributed by atoms with van der Waals surface area (Å²) in [6.45, 7) is 2.93. The average Bonchev–Trinajstić information content (AvgIpc) is 2.27. The van der Waals surface area contributed by atoms with E-state index in [4.69, 9.17) is 14.7 Å². The number of benzene rings is 1. The second kappa shape index (κ2) is 5.05. The highest BCUT2D eigenvalue weighted by Gasteiger charge is 2.23. The third-order valence-electron chi connectivity index (χ3n) is 2.51. The lowest BCUT2D eigenvalue weighted by molar-refractivity contribution is 0.220. The third kappa shape index (κ3) is 2.88. The Bertz CT molecular complexity index is 444. The van der Waals surface area contributed by atoms with E-state index < -0.39 is 5.67 Å². The maximum Gasteiger partial charge on any atom is 0.164 e. The van der Waals surface area contributed by atoms with Crippen LogP contribution in [0.4, 0.5) is 4.39 Å². The minimum atomic E-state index is -1.48. The van der Waals surface area contributed by atoms with Gasteiger partial charge in [0, 0.05) is 5.56 Å². The molecule has 17 heavy (non-hydrogen) atoms. The van der Waals surface area contributed by atoms with Crippen LogP contribution in [0.5, 0.6) is 11.5 Å². The molecule has 0 saturated carbocycles. The molecular weight excluding hydrogens is 221 g/mol. The number of hydrogen-bond acceptors (Lipinski definition) is 3. The van der Waals surface area contributed by atoms with Crippen LogP contribution in [0.1, 0.15) is 25.0 Å². The van der Waals surface area contributed by atoms with E-state index in [1.807, 2.05) is 6.07 Å². The van der Waals surface area contributed by atoms with Crippen LogP contribution in [-0.2, 0) is 12.1 Å². The molecule has 0 aliphatic rings. The molecule has 0 fully saturated rings. The lowest BCUT2D eigenvalue weighted by Crippen LogP contribution is -2.10. The lowest BCUT2D eigenvalue weighted by atomic mass is 9.96. The smallest absolute Gasteiger partial charge is 0.164 e. The molecular formula is C13H16FNO2. The van der Waals surface area contributed by atoms with E-state index in [0.29, 0.717) is 22.6 Å². The van der Waals surface area contributed by atoms with Crippen LogP contribution in [-0.4, -0.2) is 14.2 Å². The SMILES string of the molecule is COc1cc(C(C)(C)F)cc(CC#N)c1OC. The van der Waals surface area contributed by atoms with Gasteiger partial charge < -0.3 is 9.47 Å². The summed E-state index contributed by atoms with van der Waals surface area (Å²) in [7, 11) is 2.99. The summed E-state index contributed by atoms with van der Waals surface area (Å²) >= 11 is 0. The van der Waals surface area contributed by atoms with Gasteiger partial charge in [0.15, 0.2) is 11.5 Å². The van der Waals surface area contributed by atoms with Gasteiger partial charge in [0.25, 0.3) is 0 Å². The maximum atomic E-state index is 13.9. The topological polar surface area (TPSA) is 42.2 Å². The standard InChI is InChI=1S/C13H16FNO2/c1-13(2,14)10-7-9(5-6-15)12(17-4)11(8-10)16-3/h7-8H,5H2,1-4H3. The van der Waals surface area contributed by atoms with Crippen LogP contribution >= 0.6 is 0 Å². The largest absolute Gasteiger partial charge is 0.493 e. The van der Waals surface area contributed by atoms with Crippen molar-refractivity contribution < 1.29 is 13.9 Å². The molecule has 1 aromatic carbocycles. The molecule has 92 valence electrons. The molecule has 0 unspecified atom stereocenters. The van der Waals surface area contributed by atoms with Crippen LogP contribution in [0.25, 0.3) is 0 Å². The molecule has 0 aliphatic heterocycles. The van der Waals surface area contributed by atoms with E-state index in [1.165, 1.54) is 28.1 Å². The van der Waals surface area contributed by atoms with Gasteiger partial charge in [-0.25, -0.2) is 4.39 Å². The second-order valence-corrected chi connectivity index (χ2v) is 4.18. The molecule has 0 aliphatic carbocycles. The molecule has 0 amide bonds. The summed E-state index contributed by atoms with van der Waals surface area (Å²) in [4.78, 5) is 0. The Balaban J connectivity index is 3.41. The van der Waals surface area contributed by atoms with Crippen molar-refractivity contribution in [3.05, 3.63) is 23.3 Å². The number of hydrogen-bond donors (Lipinski definition) is 0. The van der Waals surface area contributed by atoms with Gasteiger partial charge in [0.05, 0.1) is 26.7 Å². The van der Waals surface area contributed by atoms with Gasteiger partial charge >= 0.3 is 0 Å². The van der Waals surface area contributed by atoms with E-state index in [1.54, 1.807) is 12.1 Å². The third-order valence-corrected chi connectivity index (χ3v) is 2.51. The number of methoxy groups -OCH3 is 2. The molecule has 0 atom stereocenters. The molecule has 0 saturated heterocycles. The number of rotatable bonds is 4. The van der Waals surface area contributed by atoms with Gasteiger partial charge in [0.1, 0.15) is 5.67 Å². The van der Waals surface area contributed by atoms with Crippen molar-refractivity contribution in [3.63, 3.8) is 0 Å². The minimum absolute atomic E-state index is 0.156. The van der Waals surface area contributed by atoms with Crippen LogP contribution in [0.2, 0.25) is 0 Å². The Morgan fingerprint density at radius 2 is 1.94 bits per heavy atom. The molecule has 1 rings (SSSR count). The normalized spacial score (nSPS) is 10.8. The number of halogens is 1. The van der Waals surface area contributed by atoms with Crippen molar-refractivity contribution in [1.29, 1.82) is 5.26 Å². The van der Waals surface area contributed by atoms with E-state index in [2.05, 4.69) is 0 Å². The Labute approximate surface area is 101 Å². The van der Waals surface area contributed by atoms with Gasteiger partial charge in [0.2, 0.25) is 0 Å². The summed E-state index contributed by atoms with van der Waals surface area (Å²) in [6.07, 6.45) is 0.156. The predicted octanol–water partition coefficient (Wildman–Crippen LogP) is 2.97. The molecule has 0 spiro atoms. The van der Waals surface area contributed by atoms with E-state index >= 15 is 0 Å². The number of nitriles is 1. The van der Waals surface area contributed by atoms with Crippen LogP contribution in [0.3, 0.4) is 0 Å². The van der Waals surface area contributed by atoms with E-state index in [-0.39, 0.29) is 6.42 Å². The van der Waals surface area contributed by atoms with Gasteiger partial charge in [-0.2, -0.15) is 5.26 Å². The second-order valence-electron chi connectivity index (χ2n) is 4.18. The van der Waals surface area contributed by atoms with E-state index in [0.717, 1.165) is 0 Å². The molecule has 0 bridgehead atoms. The Morgan fingerprint density at radius 1 is 1.29 bits per heavy atom. The van der Waals surface area contributed by atoms with Crippen molar-refractivity contribution in [2.75, 3.05) is 14.2 Å². The summed E-state index contributed by atoms with van der Waals surface area (Å²) in [6, 6.07) is 5.27. The lowest BCUT2D eigenvalue weighted by Gasteiger charge is -2.19. The fourth-order valence-electron chi connectivity index (χ4n) is 1.60. The zero-order valence-electron chi connectivity index (χ0n) is 10.5. The number of alkyl halides is 1. The molecule has 0 aromatic heterocycles. The highest BCUT2D eigenvalue weighted by Crippen LogP contribution is 2.37. The molecule has 0 N–H and O–H groups in total. The summed E-state index contributed by atoms with van der Waals surface area (Å²) < 4.78 is 24.3. The summed E-state index contributed by atoms with van der Waals surface area (Å²) in [5.74, 6) is 0.933. The Kier molecular flexibility index (Phi) is 3.95. The molecule has 4 heteroatoms. The fourth-order valence-corrected chi connectivity index (χ4v) is 1.60. The van der Waals surface area contributed by atoms with Gasteiger partial charge in [-0.3, -0.25) is 0 Å². The average molecular weight is 237 g/mol. The Hall–Kier alpha value is -1.76. The predicted molar refractivity (Wildman–Crippen MR) is 63.0 cm³/mol. The number of ether oxygens (including phenoxy) is 2. The van der Waals surface area contributed by atoms with Gasteiger partial charge in [-0.1, -0.05) is 0 Å². The van der Waals surface area contributed by atoms with Gasteiger partial charge in [-0.15, -0.1) is 0 Å². The quantitative estimate of drug-likeness (QED) is 0.808. The highest BCUT2D eigenvalue weighted by atomic mass is 19.1. The first-order valence-electron chi connectivity index (χ1n) is 5.25. The first kappa shape index (κ1) is 13.3. The van der Waals surface area contributed by atoms with Crippen LogP contribution < -0.4 is 9.47 Å². The Morgan fingerprint density at radius 3 is 2.35 bits per heavy atom.